The van der Waals surface area contributed by atoms with Gasteiger partial charge in [-0.2, -0.15) is 9.72 Å². The van der Waals surface area contributed by atoms with Crippen molar-refractivity contribution in [1.82, 2.24) is 14.7 Å². The first-order chi connectivity index (χ1) is 17.8. The van der Waals surface area contributed by atoms with Crippen molar-refractivity contribution in [3.8, 4) is 0 Å². The van der Waals surface area contributed by atoms with Crippen molar-refractivity contribution in [2.24, 2.45) is 16.8 Å². The molecule has 12 heteroatoms. The number of hydrogen-bond acceptors (Lipinski definition) is 6. The molecule has 0 radical (unpaired) electrons. The van der Waals surface area contributed by atoms with Crippen LogP contribution in [0.1, 0.15) is 57.8 Å². The number of hydroxylamine groups is 2. The molecular weight excluding hydrogens is 490 g/mol. The van der Waals surface area contributed by atoms with Crippen LogP contribution in [0, 0.1) is 17.7 Å². The van der Waals surface area contributed by atoms with Crippen LogP contribution in [0.25, 0.3) is 0 Å². The highest BCUT2D eigenvalue weighted by molar-refractivity contribution is 5.90. The third-order valence-corrected chi connectivity index (χ3v) is 7.27. The van der Waals surface area contributed by atoms with Crippen molar-refractivity contribution in [1.29, 1.82) is 0 Å². The molecule has 0 spiro atoms. The van der Waals surface area contributed by atoms with Gasteiger partial charge in [0.25, 0.3) is 5.91 Å². The molecule has 0 aromatic carbocycles. The highest BCUT2D eigenvalue weighted by atomic mass is 19.1. The zero-order valence-corrected chi connectivity index (χ0v) is 20.7. The van der Waals surface area contributed by atoms with Crippen LogP contribution < -0.4 is 5.49 Å². The summed E-state index contributed by atoms with van der Waals surface area (Å²) in [4.78, 5) is 49.2. The van der Waals surface area contributed by atoms with E-state index in [-0.39, 0.29) is 30.9 Å². The number of halogens is 2. The van der Waals surface area contributed by atoms with Gasteiger partial charge in [-0.3, -0.25) is 14.4 Å². The van der Waals surface area contributed by atoms with Gasteiger partial charge in [0, 0.05) is 19.4 Å². The number of alkyl halides is 1. The quantitative estimate of drug-likeness (QED) is 0.301. The standard InChI is InChI=1S/C25H34F2N4O6/c26-19-8-9-22(31(35)15-19)28-24(33)21-12-20(27)14-30(21)25(34)18(11-17-5-1-2-6-17)13-29(16-32)37-23-7-3-4-10-36-23/h8-9,15-18,20-21,23,35H,1-7,10-14H2. The first-order valence-electron chi connectivity index (χ1n) is 12.9. The fourth-order valence-corrected chi connectivity index (χ4v) is 5.40. The van der Waals surface area contributed by atoms with Gasteiger partial charge in [-0.1, -0.05) is 25.7 Å². The third kappa shape index (κ3) is 7.13. The largest absolute Gasteiger partial charge is 0.427 e. The molecule has 3 amide bonds. The van der Waals surface area contributed by atoms with E-state index in [0.717, 1.165) is 61.9 Å². The number of hydrogen-bond donors (Lipinski definition) is 1. The van der Waals surface area contributed by atoms with Crippen LogP contribution >= 0.6 is 0 Å². The van der Waals surface area contributed by atoms with Crippen molar-refractivity contribution in [3.05, 3.63) is 29.6 Å². The number of likely N-dealkylation sites (tertiary alicyclic amines) is 1. The summed E-state index contributed by atoms with van der Waals surface area (Å²) >= 11 is 0. The van der Waals surface area contributed by atoms with Crippen LogP contribution in [-0.2, 0) is 24.0 Å². The van der Waals surface area contributed by atoms with E-state index in [2.05, 4.69) is 4.99 Å². The van der Waals surface area contributed by atoms with Gasteiger partial charge in [0.2, 0.25) is 12.3 Å². The van der Waals surface area contributed by atoms with Crippen LogP contribution in [0.5, 0.6) is 0 Å². The van der Waals surface area contributed by atoms with Gasteiger partial charge in [0.05, 0.1) is 25.2 Å². The molecular formula is C25H34F2N4O6. The fraction of sp³-hybridized carbons (Fsp3) is 0.680. The first kappa shape index (κ1) is 27.2. The summed E-state index contributed by atoms with van der Waals surface area (Å²) in [6.07, 6.45) is 6.00. The van der Waals surface area contributed by atoms with Gasteiger partial charge < -0.3 is 14.8 Å². The Hall–Kier alpha value is -2.86. The van der Waals surface area contributed by atoms with E-state index in [9.17, 15) is 28.4 Å². The maximum atomic E-state index is 14.5. The Balaban J connectivity index is 1.52. The fourth-order valence-electron chi connectivity index (χ4n) is 5.40. The second-order valence-electron chi connectivity index (χ2n) is 10.0. The molecule has 204 valence electrons. The predicted molar refractivity (Wildman–Crippen MR) is 125 cm³/mol. The molecule has 3 fully saturated rings. The lowest BCUT2D eigenvalue weighted by molar-refractivity contribution is -0.276. The Labute approximate surface area is 213 Å². The number of rotatable bonds is 9. The lowest BCUT2D eigenvalue weighted by Gasteiger charge is -2.32. The Morgan fingerprint density at radius 3 is 2.68 bits per heavy atom. The van der Waals surface area contributed by atoms with Gasteiger partial charge >= 0.3 is 0 Å². The lowest BCUT2D eigenvalue weighted by Crippen LogP contribution is -2.47. The molecule has 4 atom stereocenters. The highest BCUT2D eigenvalue weighted by Gasteiger charge is 2.43. The molecule has 0 bridgehead atoms. The molecule has 1 saturated carbocycles. The summed E-state index contributed by atoms with van der Waals surface area (Å²) in [5, 5.41) is 10.9. The summed E-state index contributed by atoms with van der Waals surface area (Å²) in [6, 6.07) is 0.957. The van der Waals surface area contributed by atoms with E-state index >= 15 is 0 Å². The predicted octanol–water partition coefficient (Wildman–Crippen LogP) is 2.34. The maximum absolute atomic E-state index is 14.5. The molecule has 37 heavy (non-hydrogen) atoms. The number of ether oxygens (including phenoxy) is 1. The van der Waals surface area contributed by atoms with E-state index in [0.29, 0.717) is 30.6 Å². The van der Waals surface area contributed by atoms with Crippen molar-refractivity contribution >= 4 is 18.2 Å². The molecule has 3 aliphatic rings. The minimum Gasteiger partial charge on any atom is -0.427 e. The number of carbonyl (C=O) groups excluding carboxylic acids is 3. The summed E-state index contributed by atoms with van der Waals surface area (Å²) in [5.41, 5.74) is -0.239. The lowest BCUT2D eigenvalue weighted by atomic mass is 9.91. The van der Waals surface area contributed by atoms with E-state index in [1.807, 2.05) is 0 Å². The molecule has 1 N–H and O–H groups in total. The molecule has 3 heterocycles. The number of nitrogens with zero attached hydrogens (tertiary/aromatic N) is 4. The van der Waals surface area contributed by atoms with Crippen molar-refractivity contribution < 1.29 is 37.9 Å². The summed E-state index contributed by atoms with van der Waals surface area (Å²) in [6.45, 7) is 0.212. The average Bonchev–Trinajstić information content (AvgIpc) is 3.54. The monoisotopic (exact) mass is 524 g/mol. The SMILES string of the molecule is O=CN(CC(CC1CCCC1)C(=O)N1CC(F)CC1C(=O)N=c1ccc(F)cn1O)OC1CCCCO1. The van der Waals surface area contributed by atoms with Gasteiger partial charge in [-0.15, -0.1) is 0 Å². The normalized spacial score (nSPS) is 25.8. The van der Waals surface area contributed by atoms with Gasteiger partial charge in [0.1, 0.15) is 18.0 Å². The third-order valence-electron chi connectivity index (χ3n) is 7.27. The van der Waals surface area contributed by atoms with Crippen molar-refractivity contribution in [2.75, 3.05) is 19.7 Å². The number of aromatic nitrogens is 1. The molecule has 1 aliphatic carbocycles. The molecule has 1 aromatic rings. The first-order valence-corrected chi connectivity index (χ1v) is 12.9. The topological polar surface area (TPSA) is 114 Å². The number of pyridine rings is 1. The maximum Gasteiger partial charge on any atom is 0.270 e. The summed E-state index contributed by atoms with van der Waals surface area (Å²) < 4.78 is 33.7. The second-order valence-corrected chi connectivity index (χ2v) is 10.0. The Morgan fingerprint density at radius 1 is 1.24 bits per heavy atom. The minimum atomic E-state index is -1.43. The molecule has 4 unspecified atom stereocenters. The molecule has 4 rings (SSSR count). The van der Waals surface area contributed by atoms with E-state index < -0.39 is 42.1 Å². The van der Waals surface area contributed by atoms with Crippen LogP contribution in [-0.4, -0.2) is 76.3 Å². The number of carbonyl (C=O) groups is 3. The van der Waals surface area contributed by atoms with Gasteiger partial charge in [0.15, 0.2) is 11.8 Å². The van der Waals surface area contributed by atoms with E-state index in [1.165, 1.54) is 4.90 Å². The van der Waals surface area contributed by atoms with Crippen molar-refractivity contribution in [3.63, 3.8) is 0 Å². The zero-order chi connectivity index (χ0) is 26.4. The molecule has 2 aliphatic heterocycles. The Morgan fingerprint density at radius 2 is 2.00 bits per heavy atom. The second kappa shape index (κ2) is 12.6. The summed E-state index contributed by atoms with van der Waals surface area (Å²) in [5.74, 6) is -2.42. The average molecular weight is 525 g/mol. The molecule has 2 saturated heterocycles. The van der Waals surface area contributed by atoms with Crippen LogP contribution in [0.15, 0.2) is 23.3 Å². The number of amides is 3. The van der Waals surface area contributed by atoms with Gasteiger partial charge in [-0.05, 0) is 37.3 Å². The molecule has 1 aromatic heterocycles. The minimum absolute atomic E-state index is 0.0429. The van der Waals surface area contributed by atoms with Gasteiger partial charge in [-0.25, -0.2) is 18.7 Å². The van der Waals surface area contributed by atoms with E-state index in [1.54, 1.807) is 0 Å². The summed E-state index contributed by atoms with van der Waals surface area (Å²) in [7, 11) is 0. The molecule has 10 nitrogen and oxygen atoms in total. The van der Waals surface area contributed by atoms with Crippen LogP contribution in [0.2, 0.25) is 0 Å². The Bertz CT molecular complexity index is 1020. The van der Waals surface area contributed by atoms with Crippen molar-refractivity contribution in [2.45, 2.75) is 76.3 Å². The Kier molecular flexibility index (Phi) is 9.25. The highest BCUT2D eigenvalue weighted by Crippen LogP contribution is 2.33. The van der Waals surface area contributed by atoms with E-state index in [4.69, 9.17) is 9.57 Å². The zero-order valence-electron chi connectivity index (χ0n) is 20.7. The smallest absolute Gasteiger partial charge is 0.270 e. The van der Waals surface area contributed by atoms with Crippen LogP contribution in [0.3, 0.4) is 0 Å². The van der Waals surface area contributed by atoms with Crippen LogP contribution in [0.4, 0.5) is 8.78 Å².